The van der Waals surface area contributed by atoms with Crippen LogP contribution in [0.1, 0.15) is 15.9 Å². The predicted octanol–water partition coefficient (Wildman–Crippen LogP) is 5.11. The number of esters is 1. The first-order chi connectivity index (χ1) is 15.0. The van der Waals surface area contributed by atoms with Gasteiger partial charge in [-0.15, -0.1) is 0 Å². The van der Waals surface area contributed by atoms with Crippen LogP contribution in [0.15, 0.2) is 78.4 Å². The second kappa shape index (κ2) is 10.1. The van der Waals surface area contributed by atoms with E-state index in [0.717, 1.165) is 0 Å². The number of para-hydroxylation sites is 1. The maximum absolute atomic E-state index is 12.3. The predicted molar refractivity (Wildman–Crippen MR) is 118 cm³/mol. The van der Waals surface area contributed by atoms with Gasteiger partial charge in [-0.2, -0.15) is 5.26 Å². The van der Waals surface area contributed by atoms with E-state index in [2.05, 4.69) is 5.32 Å². The summed E-state index contributed by atoms with van der Waals surface area (Å²) in [7, 11) is 1.53. The van der Waals surface area contributed by atoms with Gasteiger partial charge in [-0.1, -0.05) is 35.9 Å². The summed E-state index contributed by atoms with van der Waals surface area (Å²) in [6.45, 7) is 0. The molecule has 3 rings (SSSR count). The number of hydrogen-bond donors (Lipinski definition) is 1. The zero-order valence-corrected chi connectivity index (χ0v) is 17.2. The largest absolute Gasteiger partial charge is 0.497 e. The summed E-state index contributed by atoms with van der Waals surface area (Å²) >= 11 is 6.23. The maximum atomic E-state index is 12.3. The Morgan fingerprint density at radius 2 is 1.74 bits per heavy atom. The van der Waals surface area contributed by atoms with Gasteiger partial charge in [-0.3, -0.25) is 4.79 Å². The van der Waals surface area contributed by atoms with Gasteiger partial charge in [-0.05, 0) is 60.2 Å². The van der Waals surface area contributed by atoms with Gasteiger partial charge in [0.25, 0.3) is 5.91 Å². The Morgan fingerprint density at radius 3 is 2.35 bits per heavy atom. The van der Waals surface area contributed by atoms with Crippen LogP contribution in [0.2, 0.25) is 5.02 Å². The summed E-state index contributed by atoms with van der Waals surface area (Å²) in [5.41, 5.74) is 1.33. The van der Waals surface area contributed by atoms with Gasteiger partial charge in [-0.25, -0.2) is 4.79 Å². The van der Waals surface area contributed by atoms with Crippen molar-refractivity contribution in [3.8, 4) is 17.6 Å². The highest BCUT2D eigenvalue weighted by Crippen LogP contribution is 2.27. The number of carbonyl (C=O) groups is 2. The van der Waals surface area contributed by atoms with E-state index in [4.69, 9.17) is 21.1 Å². The average molecular weight is 433 g/mol. The van der Waals surface area contributed by atoms with Gasteiger partial charge in [0.1, 0.15) is 23.1 Å². The van der Waals surface area contributed by atoms with Crippen molar-refractivity contribution in [2.24, 2.45) is 0 Å². The zero-order valence-electron chi connectivity index (χ0n) is 16.5. The standard InChI is InChI=1S/C24H17ClN2O4/c1-30-20-10-8-17(9-11-20)24(29)31-22-12-7-16(14-21(22)25)13-18(15-26)23(28)27-19-5-3-2-4-6-19/h2-14H,1H3,(H,27,28)/b18-13+. The maximum Gasteiger partial charge on any atom is 0.343 e. The number of hydrogen-bond acceptors (Lipinski definition) is 5. The number of ether oxygens (including phenoxy) is 2. The highest BCUT2D eigenvalue weighted by atomic mass is 35.5. The minimum absolute atomic E-state index is 0.0945. The normalized spacial score (nSPS) is 10.7. The molecule has 0 saturated carbocycles. The lowest BCUT2D eigenvalue weighted by atomic mass is 10.1. The first-order valence-electron chi connectivity index (χ1n) is 9.14. The van der Waals surface area contributed by atoms with Crippen LogP contribution in [-0.2, 0) is 4.79 Å². The topological polar surface area (TPSA) is 88.4 Å². The minimum Gasteiger partial charge on any atom is -0.497 e. The second-order valence-corrected chi connectivity index (χ2v) is 6.71. The number of anilines is 1. The molecular weight excluding hydrogens is 416 g/mol. The third-order valence-corrected chi connectivity index (χ3v) is 4.49. The number of methoxy groups -OCH3 is 1. The number of halogens is 1. The zero-order chi connectivity index (χ0) is 22.2. The molecule has 6 nitrogen and oxygen atoms in total. The van der Waals surface area contributed by atoms with Gasteiger partial charge in [0, 0.05) is 5.69 Å². The summed E-state index contributed by atoms with van der Waals surface area (Å²) in [4.78, 5) is 24.6. The summed E-state index contributed by atoms with van der Waals surface area (Å²) in [6, 6.07) is 21.7. The molecule has 0 unspecified atom stereocenters. The molecule has 3 aromatic rings. The fourth-order valence-electron chi connectivity index (χ4n) is 2.61. The number of nitrogens with one attached hydrogen (secondary N) is 1. The highest BCUT2D eigenvalue weighted by molar-refractivity contribution is 6.32. The molecule has 0 aliphatic carbocycles. The van der Waals surface area contributed by atoms with E-state index in [1.807, 2.05) is 12.1 Å². The van der Waals surface area contributed by atoms with Crippen molar-refractivity contribution in [1.82, 2.24) is 0 Å². The van der Waals surface area contributed by atoms with Crippen LogP contribution < -0.4 is 14.8 Å². The van der Waals surface area contributed by atoms with Crippen LogP contribution in [0.3, 0.4) is 0 Å². The molecule has 3 aromatic carbocycles. The Labute approximate surface area is 184 Å². The number of rotatable bonds is 6. The Hall–Kier alpha value is -4.08. The summed E-state index contributed by atoms with van der Waals surface area (Å²) in [5, 5.41) is 12.2. The van der Waals surface area contributed by atoms with E-state index >= 15 is 0 Å². The van der Waals surface area contributed by atoms with Gasteiger partial charge in [0.2, 0.25) is 0 Å². The van der Waals surface area contributed by atoms with Crippen LogP contribution in [0.5, 0.6) is 11.5 Å². The molecule has 31 heavy (non-hydrogen) atoms. The molecular formula is C24H17ClN2O4. The van der Waals surface area contributed by atoms with Crippen LogP contribution >= 0.6 is 11.6 Å². The number of nitriles is 1. The monoisotopic (exact) mass is 432 g/mol. The first kappa shape index (κ1) is 21.6. The Morgan fingerprint density at radius 1 is 1.03 bits per heavy atom. The lowest BCUT2D eigenvalue weighted by Gasteiger charge is -2.08. The van der Waals surface area contributed by atoms with Crippen LogP contribution in [0, 0.1) is 11.3 Å². The smallest absolute Gasteiger partial charge is 0.343 e. The fourth-order valence-corrected chi connectivity index (χ4v) is 2.84. The van der Waals surface area contributed by atoms with Crippen LogP contribution in [-0.4, -0.2) is 19.0 Å². The Kier molecular flexibility index (Phi) is 7.05. The van der Waals surface area contributed by atoms with Crippen LogP contribution in [0.4, 0.5) is 5.69 Å². The van der Waals surface area contributed by atoms with E-state index in [0.29, 0.717) is 22.6 Å². The first-order valence-corrected chi connectivity index (χ1v) is 9.52. The third-order valence-electron chi connectivity index (χ3n) is 4.19. The van der Waals surface area contributed by atoms with E-state index in [1.165, 1.54) is 25.3 Å². The molecule has 0 fully saturated rings. The highest BCUT2D eigenvalue weighted by Gasteiger charge is 2.13. The van der Waals surface area contributed by atoms with Gasteiger partial charge < -0.3 is 14.8 Å². The molecule has 1 N–H and O–H groups in total. The van der Waals surface area contributed by atoms with Gasteiger partial charge in [0.05, 0.1) is 17.7 Å². The SMILES string of the molecule is COc1ccc(C(=O)Oc2ccc(/C=C(\C#N)C(=O)Nc3ccccc3)cc2Cl)cc1. The van der Waals surface area contributed by atoms with E-state index in [-0.39, 0.29) is 16.3 Å². The number of amides is 1. The Balaban J connectivity index is 1.73. The lowest BCUT2D eigenvalue weighted by molar-refractivity contribution is -0.112. The number of benzene rings is 3. The molecule has 0 heterocycles. The number of nitrogens with zero attached hydrogens (tertiary/aromatic N) is 1. The van der Waals surface area contributed by atoms with Crippen molar-refractivity contribution in [2.75, 3.05) is 12.4 Å². The van der Waals surface area contributed by atoms with E-state index in [9.17, 15) is 14.9 Å². The molecule has 0 aliphatic rings. The number of carbonyl (C=O) groups excluding carboxylic acids is 2. The summed E-state index contributed by atoms with van der Waals surface area (Å²) in [5.74, 6) is -0.338. The molecule has 0 aliphatic heterocycles. The van der Waals surface area contributed by atoms with Gasteiger partial charge in [0.15, 0.2) is 0 Å². The molecule has 0 spiro atoms. The van der Waals surface area contributed by atoms with Crippen LogP contribution in [0.25, 0.3) is 6.08 Å². The van der Waals surface area contributed by atoms with Crippen molar-refractivity contribution in [3.63, 3.8) is 0 Å². The molecule has 1 amide bonds. The van der Waals surface area contributed by atoms with Crippen molar-refractivity contribution >= 4 is 35.2 Å². The molecule has 0 atom stereocenters. The minimum atomic E-state index is -0.576. The van der Waals surface area contributed by atoms with Gasteiger partial charge >= 0.3 is 5.97 Å². The summed E-state index contributed by atoms with van der Waals surface area (Å²) in [6.07, 6.45) is 1.40. The summed E-state index contributed by atoms with van der Waals surface area (Å²) < 4.78 is 10.4. The molecule has 0 radical (unpaired) electrons. The quantitative estimate of drug-likeness (QED) is 0.253. The Bertz CT molecular complexity index is 1170. The molecule has 0 aromatic heterocycles. The molecule has 0 saturated heterocycles. The van der Waals surface area contributed by atoms with E-state index in [1.54, 1.807) is 54.6 Å². The van der Waals surface area contributed by atoms with Crippen molar-refractivity contribution < 1.29 is 19.1 Å². The third kappa shape index (κ3) is 5.72. The average Bonchev–Trinajstić information content (AvgIpc) is 2.79. The van der Waals surface area contributed by atoms with Crippen molar-refractivity contribution in [2.45, 2.75) is 0 Å². The van der Waals surface area contributed by atoms with Crippen molar-refractivity contribution in [3.05, 3.63) is 94.5 Å². The molecule has 0 bridgehead atoms. The molecule has 7 heteroatoms. The lowest BCUT2D eigenvalue weighted by Crippen LogP contribution is -2.13. The second-order valence-electron chi connectivity index (χ2n) is 6.30. The fraction of sp³-hybridized carbons (Fsp3) is 0.0417. The van der Waals surface area contributed by atoms with Crippen molar-refractivity contribution in [1.29, 1.82) is 5.26 Å². The van der Waals surface area contributed by atoms with E-state index < -0.39 is 11.9 Å². The molecule has 154 valence electrons.